The van der Waals surface area contributed by atoms with Gasteiger partial charge in [-0.3, -0.25) is 9.69 Å². The number of rotatable bonds is 6. The smallest absolute Gasteiger partial charge is 0.244 e. The predicted octanol–water partition coefficient (Wildman–Crippen LogP) is 0.815. The molecule has 0 spiro atoms. The third kappa shape index (κ3) is 7.00. The van der Waals surface area contributed by atoms with Gasteiger partial charge in [0.1, 0.15) is 0 Å². The average molecular weight is 374 g/mol. The number of carbonyl (C=O) groups excluding carboxylic acids is 1. The van der Waals surface area contributed by atoms with E-state index in [1.165, 1.54) is 16.6 Å². The van der Waals surface area contributed by atoms with Gasteiger partial charge in [-0.05, 0) is 11.6 Å². The summed E-state index contributed by atoms with van der Waals surface area (Å²) in [6.45, 7) is 3.70. The van der Waals surface area contributed by atoms with E-state index in [4.69, 9.17) is 0 Å². The fraction of sp³-hybridized carbons (Fsp3) is 0.438. The van der Waals surface area contributed by atoms with E-state index in [1.54, 1.807) is 6.08 Å². The minimum atomic E-state index is -3.09. The van der Waals surface area contributed by atoms with Gasteiger partial charge in [0.25, 0.3) is 0 Å². The van der Waals surface area contributed by atoms with Gasteiger partial charge in [0.2, 0.25) is 15.9 Å². The molecular weight excluding hydrogens is 350 g/mol. The number of hydrogen-bond acceptors (Lipinski definition) is 4. The predicted molar refractivity (Wildman–Crippen MR) is 98.6 cm³/mol. The van der Waals surface area contributed by atoms with Crippen LogP contribution in [0.2, 0.25) is 0 Å². The molecule has 0 aliphatic carbocycles. The van der Waals surface area contributed by atoms with Crippen LogP contribution in [-0.4, -0.2) is 69.1 Å². The minimum absolute atomic E-state index is 0. The van der Waals surface area contributed by atoms with Crippen molar-refractivity contribution in [1.82, 2.24) is 14.5 Å². The Morgan fingerprint density at radius 3 is 2.38 bits per heavy atom. The number of amides is 1. The first-order valence-corrected chi connectivity index (χ1v) is 9.48. The lowest BCUT2D eigenvalue weighted by atomic mass is 10.2. The molecule has 8 heteroatoms. The second-order valence-electron chi connectivity index (χ2n) is 5.54. The van der Waals surface area contributed by atoms with E-state index in [-0.39, 0.29) is 18.3 Å². The van der Waals surface area contributed by atoms with Crippen LogP contribution in [0.4, 0.5) is 0 Å². The van der Waals surface area contributed by atoms with Crippen molar-refractivity contribution in [3.63, 3.8) is 0 Å². The molecule has 1 saturated heterocycles. The van der Waals surface area contributed by atoms with Crippen LogP contribution in [0.15, 0.2) is 36.4 Å². The minimum Gasteiger partial charge on any atom is -0.351 e. The number of nitrogens with zero attached hydrogens (tertiary/aromatic N) is 2. The molecular formula is C16H24ClN3O3S. The van der Waals surface area contributed by atoms with Gasteiger partial charge in [-0.25, -0.2) is 8.42 Å². The Morgan fingerprint density at radius 1 is 1.17 bits per heavy atom. The highest BCUT2D eigenvalue weighted by Gasteiger charge is 2.22. The Hall–Kier alpha value is -1.41. The zero-order valence-corrected chi connectivity index (χ0v) is 15.4. The van der Waals surface area contributed by atoms with Crippen molar-refractivity contribution >= 4 is 34.4 Å². The lowest BCUT2D eigenvalue weighted by Gasteiger charge is -2.33. The number of carbonyl (C=O) groups is 1. The van der Waals surface area contributed by atoms with Crippen molar-refractivity contribution in [3.8, 4) is 0 Å². The van der Waals surface area contributed by atoms with Crippen molar-refractivity contribution in [3.05, 3.63) is 42.0 Å². The van der Waals surface area contributed by atoms with Gasteiger partial charge in [-0.15, -0.1) is 12.4 Å². The molecule has 0 bridgehead atoms. The number of sulfonamides is 1. The van der Waals surface area contributed by atoms with Crippen molar-refractivity contribution < 1.29 is 13.2 Å². The first kappa shape index (κ1) is 20.6. The quantitative estimate of drug-likeness (QED) is 0.749. The number of piperazine rings is 1. The Labute approximate surface area is 150 Å². The first-order chi connectivity index (χ1) is 10.9. The summed E-state index contributed by atoms with van der Waals surface area (Å²) < 4.78 is 24.3. The van der Waals surface area contributed by atoms with Crippen molar-refractivity contribution in [2.45, 2.75) is 0 Å². The van der Waals surface area contributed by atoms with Crippen LogP contribution in [0.5, 0.6) is 0 Å². The normalized spacial score (nSPS) is 16.7. The van der Waals surface area contributed by atoms with Crippen LogP contribution in [-0.2, 0) is 14.8 Å². The van der Waals surface area contributed by atoms with Gasteiger partial charge in [0, 0.05) is 45.3 Å². The zero-order valence-electron chi connectivity index (χ0n) is 13.7. The Kier molecular flexibility index (Phi) is 8.41. The lowest BCUT2D eigenvalue weighted by Crippen LogP contribution is -2.49. The summed E-state index contributed by atoms with van der Waals surface area (Å²) in [5.74, 6) is -0.122. The summed E-state index contributed by atoms with van der Waals surface area (Å²) in [4.78, 5) is 13.9. The molecule has 0 saturated carbocycles. The van der Waals surface area contributed by atoms with Gasteiger partial charge >= 0.3 is 0 Å². The lowest BCUT2D eigenvalue weighted by molar-refractivity contribution is -0.116. The van der Waals surface area contributed by atoms with E-state index in [2.05, 4.69) is 10.2 Å². The zero-order chi connectivity index (χ0) is 16.7. The van der Waals surface area contributed by atoms with E-state index in [1.807, 2.05) is 30.3 Å². The molecule has 0 aromatic heterocycles. The molecule has 2 rings (SSSR count). The van der Waals surface area contributed by atoms with Crippen molar-refractivity contribution in [2.24, 2.45) is 0 Å². The second-order valence-corrected chi connectivity index (χ2v) is 7.52. The molecule has 1 aromatic rings. The van der Waals surface area contributed by atoms with E-state index < -0.39 is 10.0 Å². The van der Waals surface area contributed by atoms with Gasteiger partial charge in [0.15, 0.2) is 0 Å². The maximum Gasteiger partial charge on any atom is 0.244 e. The van der Waals surface area contributed by atoms with E-state index in [0.29, 0.717) is 32.7 Å². The summed E-state index contributed by atoms with van der Waals surface area (Å²) in [5.41, 5.74) is 0.986. The summed E-state index contributed by atoms with van der Waals surface area (Å²) in [6, 6.07) is 9.65. The Balaban J connectivity index is 0.00000288. The first-order valence-electron chi connectivity index (χ1n) is 7.63. The van der Waals surface area contributed by atoms with Gasteiger partial charge in [-0.1, -0.05) is 30.3 Å². The molecule has 1 aliphatic rings. The standard InChI is InChI=1S/C16H23N3O3S.ClH/c1-23(21,22)19-13-11-18(12-14-19)10-9-17-16(20)8-7-15-5-3-2-4-6-15;/h2-8H,9-14H2,1H3,(H,17,20);1H/b8-7+;. The summed E-state index contributed by atoms with van der Waals surface area (Å²) >= 11 is 0. The third-order valence-electron chi connectivity index (χ3n) is 3.75. The monoisotopic (exact) mass is 373 g/mol. The van der Waals surface area contributed by atoms with Crippen molar-refractivity contribution in [2.75, 3.05) is 45.5 Å². The largest absolute Gasteiger partial charge is 0.351 e. The summed E-state index contributed by atoms with van der Waals surface area (Å²) in [5, 5.41) is 2.84. The topological polar surface area (TPSA) is 69.7 Å². The average Bonchev–Trinajstić information content (AvgIpc) is 2.53. The van der Waals surface area contributed by atoms with Gasteiger partial charge in [-0.2, -0.15) is 4.31 Å². The maximum atomic E-state index is 11.7. The van der Waals surface area contributed by atoms with Crippen molar-refractivity contribution in [1.29, 1.82) is 0 Å². The number of halogens is 1. The second kappa shape index (κ2) is 9.78. The molecule has 1 N–H and O–H groups in total. The van der Waals surface area contributed by atoms with Crippen LogP contribution < -0.4 is 5.32 Å². The molecule has 0 radical (unpaired) electrons. The molecule has 6 nitrogen and oxygen atoms in total. The van der Waals surface area contributed by atoms with E-state index >= 15 is 0 Å². The fourth-order valence-electron chi connectivity index (χ4n) is 2.42. The highest BCUT2D eigenvalue weighted by Crippen LogP contribution is 2.05. The van der Waals surface area contributed by atoms with Crippen LogP contribution in [0.25, 0.3) is 6.08 Å². The number of nitrogens with one attached hydrogen (secondary N) is 1. The summed E-state index contributed by atoms with van der Waals surface area (Å²) in [7, 11) is -3.09. The molecule has 1 fully saturated rings. The maximum absolute atomic E-state index is 11.7. The van der Waals surface area contributed by atoms with Crippen LogP contribution in [0.3, 0.4) is 0 Å². The molecule has 134 valence electrons. The highest BCUT2D eigenvalue weighted by atomic mass is 35.5. The summed E-state index contributed by atoms with van der Waals surface area (Å²) in [6.07, 6.45) is 4.54. The number of hydrogen-bond donors (Lipinski definition) is 1. The Bertz CT molecular complexity index is 642. The molecule has 24 heavy (non-hydrogen) atoms. The fourth-order valence-corrected chi connectivity index (χ4v) is 3.24. The number of benzene rings is 1. The van der Waals surface area contributed by atoms with Gasteiger partial charge < -0.3 is 5.32 Å². The van der Waals surface area contributed by atoms with Crippen LogP contribution >= 0.6 is 12.4 Å². The Morgan fingerprint density at radius 2 is 1.79 bits per heavy atom. The van der Waals surface area contributed by atoms with E-state index in [0.717, 1.165) is 12.1 Å². The van der Waals surface area contributed by atoms with E-state index in [9.17, 15) is 13.2 Å². The molecule has 1 aromatic carbocycles. The van der Waals surface area contributed by atoms with Crippen LogP contribution in [0.1, 0.15) is 5.56 Å². The van der Waals surface area contributed by atoms with Crippen LogP contribution in [0, 0.1) is 0 Å². The third-order valence-corrected chi connectivity index (χ3v) is 5.06. The molecule has 1 aliphatic heterocycles. The molecule has 0 unspecified atom stereocenters. The molecule has 1 heterocycles. The van der Waals surface area contributed by atoms with Gasteiger partial charge in [0.05, 0.1) is 6.26 Å². The highest BCUT2D eigenvalue weighted by molar-refractivity contribution is 7.88. The molecule has 1 amide bonds. The SMILES string of the molecule is CS(=O)(=O)N1CCN(CCNC(=O)/C=C/c2ccccc2)CC1.Cl. The molecule has 0 atom stereocenters.